The van der Waals surface area contributed by atoms with Crippen LogP contribution in [0, 0.1) is 0 Å². The van der Waals surface area contributed by atoms with E-state index in [-0.39, 0.29) is 5.91 Å². The van der Waals surface area contributed by atoms with Crippen molar-refractivity contribution in [1.82, 2.24) is 14.8 Å². The minimum absolute atomic E-state index is 0.0153. The van der Waals surface area contributed by atoms with E-state index in [4.69, 9.17) is 0 Å². The van der Waals surface area contributed by atoms with Gasteiger partial charge in [-0.3, -0.25) is 9.59 Å². The molecule has 1 aromatic heterocycles. The number of hydrogen-bond acceptors (Lipinski definition) is 5. The molecule has 3 heterocycles. The van der Waals surface area contributed by atoms with Gasteiger partial charge in [0.05, 0.1) is 5.56 Å². The van der Waals surface area contributed by atoms with Crippen LogP contribution in [0.2, 0.25) is 0 Å². The van der Waals surface area contributed by atoms with E-state index in [1.807, 2.05) is 18.2 Å². The second-order valence-corrected chi connectivity index (χ2v) is 7.15. The summed E-state index contributed by atoms with van der Waals surface area (Å²) in [6, 6.07) is 14.3. The number of amides is 2. The van der Waals surface area contributed by atoms with E-state index >= 15 is 0 Å². The molecule has 2 aliphatic heterocycles. The lowest BCUT2D eigenvalue weighted by Gasteiger charge is -2.36. The molecule has 4 rings (SSSR count). The average molecular weight is 379 g/mol. The Hall–Kier alpha value is -3.09. The molecular formula is C21H25N5O2. The molecular weight excluding hydrogens is 354 g/mol. The van der Waals surface area contributed by atoms with Crippen molar-refractivity contribution in [3.63, 3.8) is 0 Å². The Morgan fingerprint density at radius 2 is 1.50 bits per heavy atom. The van der Waals surface area contributed by atoms with E-state index in [0.717, 1.165) is 38.4 Å². The average Bonchev–Trinajstić information content (AvgIpc) is 2.79. The van der Waals surface area contributed by atoms with Gasteiger partial charge in [0, 0.05) is 64.2 Å². The molecule has 0 radical (unpaired) electrons. The number of carbonyl (C=O) groups excluding carboxylic acids is 2. The standard InChI is InChI=1S/C21H25N5O2/c27-17-23-8-10-26(11-9-23)21(28)18-6-7-20(22-16-18)25-14-12-24(13-15-25)19-4-2-1-3-5-19/h1-7,16-17H,8-15H2. The van der Waals surface area contributed by atoms with Gasteiger partial charge in [-0.25, -0.2) is 4.98 Å². The van der Waals surface area contributed by atoms with E-state index in [9.17, 15) is 9.59 Å². The van der Waals surface area contributed by atoms with Crippen molar-refractivity contribution in [2.24, 2.45) is 0 Å². The van der Waals surface area contributed by atoms with Crippen LogP contribution in [0.3, 0.4) is 0 Å². The maximum atomic E-state index is 12.6. The van der Waals surface area contributed by atoms with Crippen LogP contribution < -0.4 is 9.80 Å². The van der Waals surface area contributed by atoms with E-state index in [0.29, 0.717) is 31.7 Å². The Morgan fingerprint density at radius 3 is 2.11 bits per heavy atom. The van der Waals surface area contributed by atoms with Gasteiger partial charge in [-0.2, -0.15) is 0 Å². The number of rotatable bonds is 4. The van der Waals surface area contributed by atoms with Gasteiger partial charge >= 0.3 is 0 Å². The van der Waals surface area contributed by atoms with E-state index in [2.05, 4.69) is 39.0 Å². The number of pyridine rings is 1. The zero-order chi connectivity index (χ0) is 19.3. The van der Waals surface area contributed by atoms with Crippen LogP contribution in [0.25, 0.3) is 0 Å². The quantitative estimate of drug-likeness (QED) is 0.750. The van der Waals surface area contributed by atoms with Crippen LogP contribution in [0.1, 0.15) is 10.4 Å². The maximum absolute atomic E-state index is 12.6. The lowest BCUT2D eigenvalue weighted by molar-refractivity contribution is -0.119. The lowest BCUT2D eigenvalue weighted by Crippen LogP contribution is -2.48. The van der Waals surface area contributed by atoms with Crippen molar-refractivity contribution < 1.29 is 9.59 Å². The number of anilines is 2. The first-order valence-corrected chi connectivity index (χ1v) is 9.74. The first-order chi connectivity index (χ1) is 13.7. The van der Waals surface area contributed by atoms with Crippen LogP contribution >= 0.6 is 0 Å². The molecule has 0 spiro atoms. The molecule has 0 N–H and O–H groups in total. The molecule has 0 saturated carbocycles. The molecule has 7 nitrogen and oxygen atoms in total. The lowest BCUT2D eigenvalue weighted by atomic mass is 10.2. The Kier molecular flexibility index (Phi) is 5.41. The maximum Gasteiger partial charge on any atom is 0.255 e. The van der Waals surface area contributed by atoms with Gasteiger partial charge in [-0.15, -0.1) is 0 Å². The summed E-state index contributed by atoms with van der Waals surface area (Å²) in [5, 5.41) is 0. The van der Waals surface area contributed by atoms with E-state index in [1.54, 1.807) is 16.0 Å². The number of para-hydroxylation sites is 1. The van der Waals surface area contributed by atoms with Crippen molar-refractivity contribution in [2.75, 3.05) is 62.2 Å². The van der Waals surface area contributed by atoms with Gasteiger partial charge < -0.3 is 19.6 Å². The zero-order valence-corrected chi connectivity index (χ0v) is 15.9. The molecule has 2 saturated heterocycles. The molecule has 2 amide bonds. The predicted octanol–water partition coefficient (Wildman–Crippen LogP) is 1.32. The summed E-state index contributed by atoms with van der Waals surface area (Å²) < 4.78 is 0. The number of benzene rings is 1. The van der Waals surface area contributed by atoms with Crippen molar-refractivity contribution in [2.45, 2.75) is 0 Å². The Labute approximate surface area is 165 Å². The molecule has 146 valence electrons. The van der Waals surface area contributed by atoms with E-state index in [1.165, 1.54) is 5.69 Å². The van der Waals surface area contributed by atoms with Gasteiger partial charge in [0.2, 0.25) is 6.41 Å². The van der Waals surface area contributed by atoms with Crippen LogP contribution in [0.5, 0.6) is 0 Å². The summed E-state index contributed by atoms with van der Waals surface area (Å²) in [5.74, 6) is 0.897. The first-order valence-electron chi connectivity index (χ1n) is 9.74. The highest BCUT2D eigenvalue weighted by atomic mass is 16.2. The van der Waals surface area contributed by atoms with Crippen molar-refractivity contribution in [3.8, 4) is 0 Å². The largest absolute Gasteiger partial charge is 0.368 e. The fraction of sp³-hybridized carbons (Fsp3) is 0.381. The van der Waals surface area contributed by atoms with Crippen LogP contribution in [-0.2, 0) is 4.79 Å². The molecule has 2 fully saturated rings. The number of aromatic nitrogens is 1. The molecule has 2 aromatic rings. The summed E-state index contributed by atoms with van der Waals surface area (Å²) >= 11 is 0. The molecule has 0 unspecified atom stereocenters. The first kappa shape index (κ1) is 18.3. The zero-order valence-electron chi connectivity index (χ0n) is 15.9. The number of carbonyl (C=O) groups is 2. The highest BCUT2D eigenvalue weighted by Gasteiger charge is 2.22. The molecule has 28 heavy (non-hydrogen) atoms. The summed E-state index contributed by atoms with van der Waals surface area (Å²) in [4.78, 5) is 36.1. The Balaban J connectivity index is 1.34. The fourth-order valence-electron chi connectivity index (χ4n) is 3.75. The third kappa shape index (κ3) is 3.93. The van der Waals surface area contributed by atoms with Gasteiger partial charge in [-0.1, -0.05) is 18.2 Å². The van der Waals surface area contributed by atoms with Crippen molar-refractivity contribution >= 4 is 23.8 Å². The minimum atomic E-state index is -0.0153. The second kappa shape index (κ2) is 8.29. The summed E-state index contributed by atoms with van der Waals surface area (Å²) in [6.07, 6.45) is 2.52. The van der Waals surface area contributed by atoms with Gasteiger partial charge in [0.15, 0.2) is 0 Å². The number of piperazine rings is 2. The molecule has 0 bridgehead atoms. The Bertz CT molecular complexity index is 795. The molecule has 2 aliphatic rings. The topological polar surface area (TPSA) is 60.0 Å². The summed E-state index contributed by atoms with van der Waals surface area (Å²) in [6.45, 7) is 6.03. The van der Waals surface area contributed by atoms with E-state index < -0.39 is 0 Å². The highest BCUT2D eigenvalue weighted by molar-refractivity contribution is 5.94. The minimum Gasteiger partial charge on any atom is -0.368 e. The predicted molar refractivity (Wildman–Crippen MR) is 109 cm³/mol. The monoisotopic (exact) mass is 379 g/mol. The van der Waals surface area contributed by atoms with Gasteiger partial charge in [0.25, 0.3) is 5.91 Å². The van der Waals surface area contributed by atoms with Gasteiger partial charge in [0.1, 0.15) is 5.82 Å². The smallest absolute Gasteiger partial charge is 0.255 e. The van der Waals surface area contributed by atoms with Crippen molar-refractivity contribution in [3.05, 3.63) is 54.2 Å². The number of hydrogen-bond donors (Lipinski definition) is 0. The normalized spacial score (nSPS) is 17.6. The summed E-state index contributed by atoms with van der Waals surface area (Å²) in [7, 11) is 0. The number of nitrogens with zero attached hydrogens (tertiary/aromatic N) is 5. The molecule has 0 atom stereocenters. The fourth-order valence-corrected chi connectivity index (χ4v) is 3.75. The second-order valence-electron chi connectivity index (χ2n) is 7.15. The molecule has 7 heteroatoms. The van der Waals surface area contributed by atoms with Gasteiger partial charge in [-0.05, 0) is 24.3 Å². The third-order valence-electron chi connectivity index (χ3n) is 5.47. The highest BCUT2D eigenvalue weighted by Crippen LogP contribution is 2.19. The van der Waals surface area contributed by atoms with Crippen LogP contribution in [0.4, 0.5) is 11.5 Å². The molecule has 1 aromatic carbocycles. The molecule has 0 aliphatic carbocycles. The Morgan fingerprint density at radius 1 is 0.821 bits per heavy atom. The summed E-state index contributed by atoms with van der Waals surface area (Å²) in [5.41, 5.74) is 1.86. The van der Waals surface area contributed by atoms with Crippen molar-refractivity contribution in [1.29, 1.82) is 0 Å². The third-order valence-corrected chi connectivity index (χ3v) is 5.47. The van der Waals surface area contributed by atoms with Crippen LogP contribution in [0.15, 0.2) is 48.7 Å². The van der Waals surface area contributed by atoms with Crippen LogP contribution in [-0.4, -0.2) is 79.5 Å². The SMILES string of the molecule is O=CN1CCN(C(=O)c2ccc(N3CCN(c4ccccc4)CC3)nc2)CC1.